The van der Waals surface area contributed by atoms with Crippen LogP contribution in [-0.2, 0) is 6.54 Å². The molecule has 0 aliphatic heterocycles. The molecule has 0 saturated heterocycles. The van der Waals surface area contributed by atoms with E-state index in [9.17, 15) is 14.9 Å². The van der Waals surface area contributed by atoms with Crippen LogP contribution in [0.25, 0.3) is 0 Å². The van der Waals surface area contributed by atoms with Gasteiger partial charge >= 0.3 is 0 Å². The molecule has 9 heteroatoms. The lowest BCUT2D eigenvalue weighted by atomic mass is 10.1. The number of nitrogens with one attached hydrogen (secondary N) is 1. The predicted molar refractivity (Wildman–Crippen MR) is 76.1 cm³/mol. The summed E-state index contributed by atoms with van der Waals surface area (Å²) in [5, 5.41) is 13.8. The second kappa shape index (κ2) is 5.85. The molecule has 1 aromatic carbocycles. The van der Waals surface area contributed by atoms with Gasteiger partial charge in [-0.15, -0.1) is 11.3 Å². The van der Waals surface area contributed by atoms with Crippen molar-refractivity contribution in [2.75, 3.05) is 5.32 Å². The van der Waals surface area contributed by atoms with Gasteiger partial charge < -0.3 is 11.1 Å². The average molecular weight is 313 g/mol. The fraction of sp³-hybridized carbons (Fsp3) is 0.0909. The minimum atomic E-state index is -0.859. The number of halogens is 1. The number of anilines is 1. The van der Waals surface area contributed by atoms with E-state index in [1.807, 2.05) is 0 Å². The van der Waals surface area contributed by atoms with Gasteiger partial charge in [0.25, 0.3) is 11.6 Å². The molecular formula is C11H9ClN4O3S. The van der Waals surface area contributed by atoms with Crippen LogP contribution in [0.4, 0.5) is 11.4 Å². The molecule has 7 nitrogen and oxygen atoms in total. The number of rotatable bonds is 5. The number of nitro groups is 1. The van der Waals surface area contributed by atoms with Gasteiger partial charge in [0.1, 0.15) is 5.56 Å². The largest absolute Gasteiger partial charge is 0.379 e. The van der Waals surface area contributed by atoms with Crippen molar-refractivity contribution in [2.45, 2.75) is 6.54 Å². The summed E-state index contributed by atoms with van der Waals surface area (Å²) in [7, 11) is 0. The van der Waals surface area contributed by atoms with Crippen molar-refractivity contribution in [3.63, 3.8) is 0 Å². The second-order valence-electron chi connectivity index (χ2n) is 3.75. The Bertz CT molecular complexity index is 673. The van der Waals surface area contributed by atoms with Crippen molar-refractivity contribution in [3.8, 4) is 0 Å². The lowest BCUT2D eigenvalue weighted by Gasteiger charge is -2.09. The highest BCUT2D eigenvalue weighted by atomic mass is 35.5. The highest BCUT2D eigenvalue weighted by Gasteiger charge is 2.21. The minimum absolute atomic E-state index is 0.145. The quantitative estimate of drug-likeness (QED) is 0.650. The number of hydrogen-bond acceptors (Lipinski definition) is 6. The van der Waals surface area contributed by atoms with Crippen molar-refractivity contribution >= 4 is 40.2 Å². The molecule has 0 spiro atoms. The third-order valence-corrected chi connectivity index (χ3v) is 3.58. The molecule has 1 amide bonds. The number of hydrogen-bond donors (Lipinski definition) is 2. The molecule has 0 aliphatic carbocycles. The number of primary amides is 1. The molecule has 1 heterocycles. The molecule has 0 bridgehead atoms. The zero-order valence-electron chi connectivity index (χ0n) is 10.00. The Hall–Kier alpha value is -2.19. The number of nitrogens with zero attached hydrogens (tertiary/aromatic N) is 2. The molecule has 0 aliphatic rings. The number of carbonyl (C=O) groups is 1. The highest BCUT2D eigenvalue weighted by Crippen LogP contribution is 2.27. The van der Waals surface area contributed by atoms with Crippen molar-refractivity contribution in [1.29, 1.82) is 0 Å². The van der Waals surface area contributed by atoms with Crippen molar-refractivity contribution in [2.24, 2.45) is 5.73 Å². The Balaban J connectivity index is 2.29. The number of thiazole rings is 1. The molecule has 20 heavy (non-hydrogen) atoms. The summed E-state index contributed by atoms with van der Waals surface area (Å²) in [5.74, 6) is -0.859. The fourth-order valence-electron chi connectivity index (χ4n) is 1.65. The SMILES string of the molecule is NC(=O)c1c(NCc2cnc(Cl)s2)cccc1[N+](=O)[O-]. The van der Waals surface area contributed by atoms with Crippen LogP contribution < -0.4 is 11.1 Å². The normalized spacial score (nSPS) is 10.2. The van der Waals surface area contributed by atoms with Gasteiger partial charge in [0.2, 0.25) is 0 Å². The zero-order chi connectivity index (χ0) is 14.7. The van der Waals surface area contributed by atoms with E-state index >= 15 is 0 Å². The van der Waals surface area contributed by atoms with Gasteiger partial charge in [0, 0.05) is 17.1 Å². The first-order valence-electron chi connectivity index (χ1n) is 5.40. The van der Waals surface area contributed by atoms with Crippen LogP contribution in [0.2, 0.25) is 4.47 Å². The zero-order valence-corrected chi connectivity index (χ0v) is 11.6. The van der Waals surface area contributed by atoms with Crippen LogP contribution in [0.5, 0.6) is 0 Å². The van der Waals surface area contributed by atoms with Crippen LogP contribution in [0.15, 0.2) is 24.4 Å². The molecule has 2 aromatic rings. The molecule has 1 aromatic heterocycles. The van der Waals surface area contributed by atoms with Crippen LogP contribution in [0, 0.1) is 10.1 Å². The van der Waals surface area contributed by atoms with Crippen LogP contribution in [0.1, 0.15) is 15.2 Å². The van der Waals surface area contributed by atoms with Gasteiger partial charge in [-0.2, -0.15) is 0 Å². The number of amides is 1. The third kappa shape index (κ3) is 3.03. The molecule has 0 fully saturated rings. The Labute approximate surface area is 122 Å². The maximum Gasteiger partial charge on any atom is 0.284 e. The summed E-state index contributed by atoms with van der Waals surface area (Å²) in [6.07, 6.45) is 1.58. The van der Waals surface area contributed by atoms with Gasteiger partial charge in [-0.05, 0) is 6.07 Å². The Morgan fingerprint density at radius 1 is 1.55 bits per heavy atom. The molecule has 3 N–H and O–H groups in total. The van der Waals surface area contributed by atoms with E-state index in [2.05, 4.69) is 10.3 Å². The molecule has 0 saturated carbocycles. The molecule has 104 valence electrons. The van der Waals surface area contributed by atoms with Crippen LogP contribution >= 0.6 is 22.9 Å². The van der Waals surface area contributed by atoms with E-state index in [1.165, 1.54) is 23.5 Å². The molecule has 2 rings (SSSR count). The van der Waals surface area contributed by atoms with Gasteiger partial charge in [-0.1, -0.05) is 17.7 Å². The topological polar surface area (TPSA) is 111 Å². The van der Waals surface area contributed by atoms with E-state index in [1.54, 1.807) is 12.3 Å². The van der Waals surface area contributed by atoms with Gasteiger partial charge in [-0.25, -0.2) is 4.98 Å². The standard InChI is InChI=1S/C11H9ClN4O3S/c12-11-15-5-6(20-11)4-14-7-2-1-3-8(16(18)19)9(7)10(13)17/h1-3,5,14H,4H2,(H2,13,17). The van der Waals surface area contributed by atoms with Crippen molar-refractivity contribution < 1.29 is 9.72 Å². The van der Waals surface area contributed by atoms with E-state index < -0.39 is 10.8 Å². The van der Waals surface area contributed by atoms with E-state index in [0.717, 1.165) is 4.88 Å². The first-order valence-corrected chi connectivity index (χ1v) is 6.59. The lowest BCUT2D eigenvalue weighted by molar-refractivity contribution is -0.385. The summed E-state index contributed by atoms with van der Waals surface area (Å²) < 4.78 is 0.399. The summed E-state index contributed by atoms with van der Waals surface area (Å²) in [6, 6.07) is 4.26. The summed E-state index contributed by atoms with van der Waals surface area (Å²) in [5.41, 5.74) is 5.04. The van der Waals surface area contributed by atoms with Crippen LogP contribution in [0.3, 0.4) is 0 Å². The first-order chi connectivity index (χ1) is 9.49. The number of nitro benzene ring substituents is 1. The minimum Gasteiger partial charge on any atom is -0.379 e. The van der Waals surface area contributed by atoms with E-state index in [-0.39, 0.29) is 11.3 Å². The number of nitrogens with two attached hydrogens (primary N) is 1. The maximum atomic E-state index is 11.4. The summed E-state index contributed by atoms with van der Waals surface area (Å²) in [6.45, 7) is 0.339. The monoisotopic (exact) mass is 312 g/mol. The van der Waals surface area contributed by atoms with E-state index in [0.29, 0.717) is 16.7 Å². The van der Waals surface area contributed by atoms with Crippen molar-refractivity contribution in [1.82, 2.24) is 4.98 Å². The molecule has 0 radical (unpaired) electrons. The van der Waals surface area contributed by atoms with Gasteiger partial charge in [-0.3, -0.25) is 14.9 Å². The number of aromatic nitrogens is 1. The highest BCUT2D eigenvalue weighted by molar-refractivity contribution is 7.15. The Kier molecular flexibility index (Phi) is 4.16. The third-order valence-electron chi connectivity index (χ3n) is 2.46. The second-order valence-corrected chi connectivity index (χ2v) is 5.45. The number of carbonyl (C=O) groups excluding carboxylic acids is 1. The first kappa shape index (κ1) is 14.2. The molecular weight excluding hydrogens is 304 g/mol. The number of benzene rings is 1. The average Bonchev–Trinajstić information content (AvgIpc) is 2.81. The van der Waals surface area contributed by atoms with Gasteiger partial charge in [0.05, 0.1) is 17.2 Å². The lowest BCUT2D eigenvalue weighted by Crippen LogP contribution is -2.16. The molecule has 0 unspecified atom stereocenters. The smallest absolute Gasteiger partial charge is 0.284 e. The summed E-state index contributed by atoms with van der Waals surface area (Å²) in [4.78, 5) is 26.4. The fourth-order valence-corrected chi connectivity index (χ4v) is 2.56. The summed E-state index contributed by atoms with van der Waals surface area (Å²) >= 11 is 6.98. The predicted octanol–water partition coefficient (Wildman–Crippen LogP) is 2.42. The molecule has 0 atom stereocenters. The van der Waals surface area contributed by atoms with Crippen molar-refractivity contribution in [3.05, 3.63) is 49.4 Å². The van der Waals surface area contributed by atoms with Gasteiger partial charge in [0.15, 0.2) is 4.47 Å². The van der Waals surface area contributed by atoms with Crippen LogP contribution in [-0.4, -0.2) is 15.8 Å². The Morgan fingerprint density at radius 2 is 2.30 bits per heavy atom. The maximum absolute atomic E-state index is 11.4. The Morgan fingerprint density at radius 3 is 2.85 bits per heavy atom. The van der Waals surface area contributed by atoms with E-state index in [4.69, 9.17) is 17.3 Å².